The Morgan fingerprint density at radius 3 is 1.83 bits per heavy atom. The molecular weight excluding hydrogens is 305 g/mol. The molecule has 1 aromatic carbocycles. The Balaban J connectivity index is 3.30. The first-order chi connectivity index (χ1) is 10.6. The fourth-order valence-electron chi connectivity index (χ4n) is 2.48. The van der Waals surface area contributed by atoms with Crippen molar-refractivity contribution in [3.8, 4) is 5.75 Å². The standard InChI is InChI=1S/C18H25F3O2/c1-11(2)14-9-13(7-8-16(22-5)18(19,20)21)10-15(12(3)4)17(14)23-6/h8-12H,7H2,1-6H3/b16-8-. The minimum atomic E-state index is -4.47. The van der Waals surface area contributed by atoms with Gasteiger partial charge in [0.15, 0.2) is 5.76 Å². The van der Waals surface area contributed by atoms with E-state index >= 15 is 0 Å². The normalized spacial score (nSPS) is 12.9. The number of hydrogen-bond acceptors (Lipinski definition) is 2. The number of hydrogen-bond donors (Lipinski definition) is 0. The van der Waals surface area contributed by atoms with Crippen LogP contribution in [0, 0.1) is 0 Å². The van der Waals surface area contributed by atoms with E-state index in [1.807, 2.05) is 39.8 Å². The van der Waals surface area contributed by atoms with Gasteiger partial charge in [-0.15, -0.1) is 0 Å². The molecule has 0 spiro atoms. The van der Waals surface area contributed by atoms with Gasteiger partial charge in [-0.3, -0.25) is 0 Å². The number of methoxy groups -OCH3 is 2. The smallest absolute Gasteiger partial charge is 0.448 e. The average molecular weight is 330 g/mol. The molecule has 0 aromatic heterocycles. The van der Waals surface area contributed by atoms with Crippen molar-refractivity contribution in [3.05, 3.63) is 40.7 Å². The first-order valence-corrected chi connectivity index (χ1v) is 7.63. The van der Waals surface area contributed by atoms with Crippen molar-refractivity contribution in [3.63, 3.8) is 0 Å². The molecule has 0 unspecified atom stereocenters. The van der Waals surface area contributed by atoms with Gasteiger partial charge in [0, 0.05) is 0 Å². The summed E-state index contributed by atoms with van der Waals surface area (Å²) in [6, 6.07) is 3.82. The predicted octanol–water partition coefficient (Wildman–Crippen LogP) is 5.58. The van der Waals surface area contributed by atoms with Gasteiger partial charge in [0.25, 0.3) is 0 Å². The fourth-order valence-corrected chi connectivity index (χ4v) is 2.48. The number of halogens is 3. The Morgan fingerprint density at radius 1 is 1.04 bits per heavy atom. The molecule has 5 heteroatoms. The van der Waals surface area contributed by atoms with Gasteiger partial charge >= 0.3 is 6.18 Å². The van der Waals surface area contributed by atoms with Gasteiger partial charge in [-0.25, -0.2) is 0 Å². The van der Waals surface area contributed by atoms with Crippen molar-refractivity contribution in [2.45, 2.75) is 52.1 Å². The molecule has 1 aromatic rings. The zero-order chi connectivity index (χ0) is 17.8. The number of ether oxygens (including phenoxy) is 2. The third-order valence-corrected chi connectivity index (χ3v) is 3.68. The lowest BCUT2D eigenvalue weighted by atomic mass is 9.90. The molecule has 0 saturated heterocycles. The van der Waals surface area contributed by atoms with E-state index in [4.69, 9.17) is 4.74 Å². The van der Waals surface area contributed by atoms with Crippen molar-refractivity contribution in [1.82, 2.24) is 0 Å². The maximum Gasteiger partial charge on any atom is 0.448 e. The minimum Gasteiger partial charge on any atom is -0.496 e. The Hall–Kier alpha value is -1.65. The van der Waals surface area contributed by atoms with E-state index < -0.39 is 11.9 Å². The highest BCUT2D eigenvalue weighted by molar-refractivity contribution is 5.48. The highest BCUT2D eigenvalue weighted by Crippen LogP contribution is 2.36. The lowest BCUT2D eigenvalue weighted by Crippen LogP contribution is -2.13. The van der Waals surface area contributed by atoms with Crippen LogP contribution in [-0.2, 0) is 11.2 Å². The van der Waals surface area contributed by atoms with Gasteiger partial charge < -0.3 is 9.47 Å². The maximum atomic E-state index is 12.7. The average Bonchev–Trinajstić information content (AvgIpc) is 2.45. The van der Waals surface area contributed by atoms with E-state index in [1.165, 1.54) is 0 Å². The molecule has 0 aliphatic carbocycles. The third-order valence-electron chi connectivity index (χ3n) is 3.68. The Kier molecular flexibility index (Phi) is 6.54. The molecule has 0 bridgehead atoms. The van der Waals surface area contributed by atoms with Crippen LogP contribution >= 0.6 is 0 Å². The molecule has 130 valence electrons. The monoisotopic (exact) mass is 330 g/mol. The quantitative estimate of drug-likeness (QED) is 0.634. The fraction of sp³-hybridized carbons (Fsp3) is 0.556. The van der Waals surface area contributed by atoms with Crippen molar-refractivity contribution < 1.29 is 22.6 Å². The summed E-state index contributed by atoms with van der Waals surface area (Å²) in [5, 5.41) is 0. The van der Waals surface area contributed by atoms with Crippen LogP contribution in [0.3, 0.4) is 0 Å². The van der Waals surface area contributed by atoms with Crippen LogP contribution < -0.4 is 4.74 Å². The number of benzene rings is 1. The molecule has 1 rings (SSSR count). The minimum absolute atomic E-state index is 0.159. The molecule has 23 heavy (non-hydrogen) atoms. The van der Waals surface area contributed by atoms with Gasteiger partial charge in [0.05, 0.1) is 14.2 Å². The zero-order valence-electron chi connectivity index (χ0n) is 14.5. The van der Waals surface area contributed by atoms with Crippen molar-refractivity contribution in [1.29, 1.82) is 0 Å². The summed E-state index contributed by atoms with van der Waals surface area (Å²) in [6.07, 6.45) is -3.23. The summed E-state index contributed by atoms with van der Waals surface area (Å²) in [4.78, 5) is 0. The molecule has 0 aliphatic heterocycles. The van der Waals surface area contributed by atoms with Gasteiger partial charge in [-0.1, -0.05) is 39.8 Å². The van der Waals surface area contributed by atoms with E-state index in [2.05, 4.69) is 4.74 Å². The highest BCUT2D eigenvalue weighted by Gasteiger charge is 2.34. The topological polar surface area (TPSA) is 18.5 Å². The van der Waals surface area contributed by atoms with Crippen LogP contribution in [-0.4, -0.2) is 20.4 Å². The van der Waals surface area contributed by atoms with Crippen LogP contribution in [0.15, 0.2) is 24.0 Å². The van der Waals surface area contributed by atoms with E-state index in [0.717, 1.165) is 35.6 Å². The second-order valence-corrected chi connectivity index (χ2v) is 6.09. The van der Waals surface area contributed by atoms with E-state index in [9.17, 15) is 13.2 Å². The molecule has 0 N–H and O–H groups in total. The van der Waals surface area contributed by atoms with Gasteiger partial charge in [0.2, 0.25) is 0 Å². The van der Waals surface area contributed by atoms with Crippen molar-refractivity contribution in [2.24, 2.45) is 0 Å². The van der Waals surface area contributed by atoms with Crippen LogP contribution in [0.25, 0.3) is 0 Å². The molecule has 2 nitrogen and oxygen atoms in total. The van der Waals surface area contributed by atoms with Crippen LogP contribution in [0.2, 0.25) is 0 Å². The summed E-state index contributed by atoms with van der Waals surface area (Å²) in [6.45, 7) is 8.16. The molecule has 0 radical (unpaired) electrons. The van der Waals surface area contributed by atoms with Crippen LogP contribution in [0.1, 0.15) is 56.2 Å². The molecule has 0 saturated carbocycles. The Bertz CT molecular complexity index is 529. The first kappa shape index (κ1) is 19.4. The summed E-state index contributed by atoms with van der Waals surface area (Å²) < 4.78 is 48.2. The summed E-state index contributed by atoms with van der Waals surface area (Å²) >= 11 is 0. The van der Waals surface area contributed by atoms with Crippen LogP contribution in [0.5, 0.6) is 5.75 Å². The van der Waals surface area contributed by atoms with E-state index in [-0.39, 0.29) is 18.3 Å². The summed E-state index contributed by atoms with van der Waals surface area (Å²) in [5.74, 6) is 0.294. The maximum absolute atomic E-state index is 12.7. The van der Waals surface area contributed by atoms with Crippen molar-refractivity contribution >= 4 is 0 Å². The number of allylic oxidation sites excluding steroid dienone is 2. The second-order valence-electron chi connectivity index (χ2n) is 6.09. The molecule has 0 heterocycles. The molecule has 0 atom stereocenters. The van der Waals surface area contributed by atoms with Gasteiger partial charge in [-0.2, -0.15) is 13.2 Å². The number of alkyl halides is 3. The largest absolute Gasteiger partial charge is 0.496 e. The predicted molar refractivity (Wildman–Crippen MR) is 86.0 cm³/mol. The number of rotatable bonds is 6. The van der Waals surface area contributed by atoms with Crippen LogP contribution in [0.4, 0.5) is 13.2 Å². The molecule has 0 amide bonds. The lowest BCUT2D eigenvalue weighted by molar-refractivity contribution is -0.126. The summed E-state index contributed by atoms with van der Waals surface area (Å²) in [7, 11) is 2.66. The molecular formula is C18H25F3O2. The lowest BCUT2D eigenvalue weighted by Gasteiger charge is -2.20. The second kappa shape index (κ2) is 7.75. The first-order valence-electron chi connectivity index (χ1n) is 7.63. The highest BCUT2D eigenvalue weighted by atomic mass is 19.4. The third kappa shape index (κ3) is 4.91. The Labute approximate surface area is 136 Å². The van der Waals surface area contributed by atoms with E-state index in [0.29, 0.717) is 0 Å². The van der Waals surface area contributed by atoms with E-state index in [1.54, 1.807) is 7.11 Å². The Morgan fingerprint density at radius 2 is 1.52 bits per heavy atom. The van der Waals surface area contributed by atoms with Crippen molar-refractivity contribution in [2.75, 3.05) is 14.2 Å². The van der Waals surface area contributed by atoms with Gasteiger partial charge in [-0.05, 0) is 41.0 Å². The summed E-state index contributed by atoms with van der Waals surface area (Å²) in [5.41, 5.74) is 2.83. The zero-order valence-corrected chi connectivity index (χ0v) is 14.5. The SMILES string of the molecule is CO/C(=C\Cc1cc(C(C)C)c(OC)c(C(C)C)c1)C(F)(F)F. The molecule has 0 fully saturated rings. The molecule has 0 aliphatic rings. The van der Waals surface area contributed by atoms with Gasteiger partial charge in [0.1, 0.15) is 5.75 Å².